The Kier molecular flexibility index (Phi) is 6.70. The normalized spacial score (nSPS) is 11.2. The number of nitrogens with one attached hydrogen (secondary N) is 2. The molecule has 0 radical (unpaired) electrons. The molecule has 142 valence electrons. The maximum Gasteiger partial charge on any atom is 0.310 e. The number of hydrogen-bond donors (Lipinski definition) is 2. The average Bonchev–Trinajstić information content (AvgIpc) is 2.64. The summed E-state index contributed by atoms with van der Waals surface area (Å²) in [5.41, 5.74) is 5.11. The van der Waals surface area contributed by atoms with Crippen LogP contribution in [0.25, 0.3) is 0 Å². The zero-order valence-corrected chi connectivity index (χ0v) is 14.8. The van der Waals surface area contributed by atoms with Crippen molar-refractivity contribution in [1.29, 1.82) is 0 Å². The second-order valence-electron chi connectivity index (χ2n) is 5.63. The van der Waals surface area contributed by atoms with Gasteiger partial charge in [-0.3, -0.25) is 30.6 Å². The quantitative estimate of drug-likeness (QED) is 0.565. The number of para-hydroxylation sites is 2. The summed E-state index contributed by atoms with van der Waals surface area (Å²) < 4.78 is 10.6. The number of ether oxygens (including phenoxy) is 2. The third kappa shape index (κ3) is 5.99. The molecule has 2 amide bonds. The van der Waals surface area contributed by atoms with E-state index in [0.717, 1.165) is 5.56 Å². The number of nitrogens with zero attached hydrogens (tertiary/aromatic N) is 1. The van der Waals surface area contributed by atoms with Crippen molar-refractivity contribution in [2.45, 2.75) is 20.0 Å². The molecular weight excluding hydrogens is 354 g/mol. The van der Waals surface area contributed by atoms with Crippen LogP contribution in [0.15, 0.2) is 48.5 Å². The largest absolute Gasteiger partial charge is 0.484 e. The molecule has 0 spiro atoms. The number of rotatable bonds is 7. The second-order valence-corrected chi connectivity index (χ2v) is 5.63. The Morgan fingerprint density at radius 1 is 1.15 bits per heavy atom. The highest BCUT2D eigenvalue weighted by atomic mass is 16.6. The van der Waals surface area contributed by atoms with Gasteiger partial charge in [-0.15, -0.1) is 0 Å². The first-order chi connectivity index (χ1) is 12.9. The third-order valence-corrected chi connectivity index (χ3v) is 3.42. The summed E-state index contributed by atoms with van der Waals surface area (Å²) in [6.45, 7) is 3.01. The van der Waals surface area contributed by atoms with Crippen molar-refractivity contribution in [1.82, 2.24) is 10.9 Å². The second kappa shape index (κ2) is 9.18. The van der Waals surface area contributed by atoms with Crippen LogP contribution in [0.3, 0.4) is 0 Å². The van der Waals surface area contributed by atoms with Gasteiger partial charge in [0.15, 0.2) is 18.5 Å². The highest BCUT2D eigenvalue weighted by Gasteiger charge is 2.21. The van der Waals surface area contributed by atoms with Gasteiger partial charge in [-0.1, -0.05) is 24.3 Å². The van der Waals surface area contributed by atoms with Crippen molar-refractivity contribution < 1.29 is 24.0 Å². The Balaban J connectivity index is 1.81. The number of carbonyl (C=O) groups is 2. The maximum atomic E-state index is 12.0. The van der Waals surface area contributed by atoms with Crippen LogP contribution in [-0.4, -0.2) is 29.4 Å². The van der Waals surface area contributed by atoms with Crippen LogP contribution in [0.2, 0.25) is 0 Å². The Bertz CT molecular complexity index is 839. The Hall–Kier alpha value is -3.62. The fourth-order valence-electron chi connectivity index (χ4n) is 2.07. The summed E-state index contributed by atoms with van der Waals surface area (Å²) in [5, 5.41) is 11.0. The standard InChI is InChI=1S/C18H19N3O6/c1-12-6-5-7-14(10-12)26-11-17(22)19-20-18(23)13(2)27-16-9-4-3-8-15(16)21(24)25/h3-10,13H,11H2,1-2H3,(H,19,22)(H,20,23)/t13-/m1/s1. The van der Waals surface area contributed by atoms with Crippen molar-refractivity contribution in [2.75, 3.05) is 6.61 Å². The van der Waals surface area contributed by atoms with E-state index in [9.17, 15) is 19.7 Å². The molecule has 27 heavy (non-hydrogen) atoms. The lowest BCUT2D eigenvalue weighted by atomic mass is 10.2. The molecule has 0 heterocycles. The molecule has 0 unspecified atom stereocenters. The highest BCUT2D eigenvalue weighted by molar-refractivity contribution is 5.85. The van der Waals surface area contributed by atoms with Crippen molar-refractivity contribution in [3.8, 4) is 11.5 Å². The fraction of sp³-hybridized carbons (Fsp3) is 0.222. The summed E-state index contributed by atoms with van der Waals surface area (Å²) in [7, 11) is 0. The summed E-state index contributed by atoms with van der Waals surface area (Å²) in [4.78, 5) is 34.1. The van der Waals surface area contributed by atoms with E-state index < -0.39 is 22.8 Å². The smallest absolute Gasteiger partial charge is 0.310 e. The maximum absolute atomic E-state index is 12.0. The number of nitro groups is 1. The van der Waals surface area contributed by atoms with Gasteiger partial charge in [0.05, 0.1) is 4.92 Å². The van der Waals surface area contributed by atoms with Gasteiger partial charge >= 0.3 is 5.69 Å². The molecule has 2 aromatic rings. The van der Waals surface area contributed by atoms with Gasteiger partial charge in [-0.2, -0.15) is 0 Å². The van der Waals surface area contributed by atoms with Crippen LogP contribution >= 0.6 is 0 Å². The Morgan fingerprint density at radius 2 is 1.89 bits per heavy atom. The topological polar surface area (TPSA) is 120 Å². The fourth-order valence-corrected chi connectivity index (χ4v) is 2.07. The minimum Gasteiger partial charge on any atom is -0.484 e. The van der Waals surface area contributed by atoms with Gasteiger partial charge in [0.2, 0.25) is 0 Å². The first-order valence-electron chi connectivity index (χ1n) is 8.05. The molecule has 2 N–H and O–H groups in total. The first kappa shape index (κ1) is 19.7. The average molecular weight is 373 g/mol. The van der Waals surface area contributed by atoms with Crippen molar-refractivity contribution >= 4 is 17.5 Å². The minimum atomic E-state index is -1.07. The van der Waals surface area contributed by atoms with E-state index >= 15 is 0 Å². The van der Waals surface area contributed by atoms with Gasteiger partial charge in [-0.05, 0) is 37.6 Å². The predicted molar refractivity (Wildman–Crippen MR) is 96.1 cm³/mol. The lowest BCUT2D eigenvalue weighted by Crippen LogP contribution is -2.48. The molecule has 0 aliphatic carbocycles. The lowest BCUT2D eigenvalue weighted by molar-refractivity contribution is -0.386. The molecule has 9 nitrogen and oxygen atoms in total. The van der Waals surface area contributed by atoms with Crippen molar-refractivity contribution in [2.24, 2.45) is 0 Å². The number of nitro benzene ring substituents is 1. The van der Waals surface area contributed by atoms with Crippen molar-refractivity contribution in [3.63, 3.8) is 0 Å². The summed E-state index contributed by atoms with van der Waals surface area (Å²) >= 11 is 0. The molecule has 9 heteroatoms. The molecule has 0 aliphatic rings. The van der Waals surface area contributed by atoms with Gasteiger partial charge in [0.25, 0.3) is 11.8 Å². The van der Waals surface area contributed by atoms with E-state index in [1.807, 2.05) is 13.0 Å². The molecule has 0 aromatic heterocycles. The van der Waals surface area contributed by atoms with Crippen LogP contribution < -0.4 is 20.3 Å². The molecule has 0 fully saturated rings. The third-order valence-electron chi connectivity index (χ3n) is 3.42. The van der Waals surface area contributed by atoms with Gasteiger partial charge in [0.1, 0.15) is 5.75 Å². The zero-order valence-electron chi connectivity index (χ0n) is 14.8. The van der Waals surface area contributed by atoms with Gasteiger partial charge in [0, 0.05) is 6.07 Å². The van der Waals surface area contributed by atoms with E-state index in [1.165, 1.54) is 25.1 Å². The highest BCUT2D eigenvalue weighted by Crippen LogP contribution is 2.26. The number of amides is 2. The first-order valence-corrected chi connectivity index (χ1v) is 8.05. The van der Waals surface area contributed by atoms with Crippen LogP contribution in [0.5, 0.6) is 11.5 Å². The molecule has 1 atom stereocenters. The Labute approximate surface area is 155 Å². The number of carbonyl (C=O) groups excluding carboxylic acids is 2. The molecule has 0 aliphatic heterocycles. The number of benzene rings is 2. The number of hydrogen-bond acceptors (Lipinski definition) is 6. The monoisotopic (exact) mass is 373 g/mol. The molecule has 0 saturated heterocycles. The van der Waals surface area contributed by atoms with Crippen LogP contribution in [0.4, 0.5) is 5.69 Å². The lowest BCUT2D eigenvalue weighted by Gasteiger charge is -2.15. The minimum absolute atomic E-state index is 0.0424. The van der Waals surface area contributed by atoms with E-state index in [0.29, 0.717) is 5.75 Å². The van der Waals surface area contributed by atoms with Crippen molar-refractivity contribution in [3.05, 3.63) is 64.2 Å². The van der Waals surface area contributed by atoms with Crippen LogP contribution in [0.1, 0.15) is 12.5 Å². The SMILES string of the molecule is Cc1cccc(OCC(=O)NNC(=O)[C@@H](C)Oc2ccccc2[N+](=O)[O-])c1. The molecule has 2 aromatic carbocycles. The summed E-state index contributed by atoms with van der Waals surface area (Å²) in [6, 6.07) is 12.9. The Morgan fingerprint density at radius 3 is 2.59 bits per heavy atom. The van der Waals surface area contributed by atoms with Gasteiger partial charge < -0.3 is 9.47 Å². The number of aryl methyl sites for hydroxylation is 1. The summed E-state index contributed by atoms with van der Waals surface area (Å²) in [6.07, 6.45) is -1.07. The van der Waals surface area contributed by atoms with E-state index in [1.54, 1.807) is 24.3 Å². The van der Waals surface area contributed by atoms with E-state index in [4.69, 9.17) is 9.47 Å². The summed E-state index contributed by atoms with van der Waals surface area (Å²) in [5.74, 6) is -0.747. The van der Waals surface area contributed by atoms with E-state index in [2.05, 4.69) is 10.9 Å². The van der Waals surface area contributed by atoms with E-state index in [-0.39, 0.29) is 18.0 Å². The molecule has 2 rings (SSSR count). The molecule has 0 bridgehead atoms. The van der Waals surface area contributed by atoms with Crippen LogP contribution in [-0.2, 0) is 9.59 Å². The molecular formula is C18H19N3O6. The number of hydrazine groups is 1. The van der Waals surface area contributed by atoms with Crippen LogP contribution in [0, 0.1) is 17.0 Å². The molecule has 0 saturated carbocycles. The van der Waals surface area contributed by atoms with Gasteiger partial charge in [-0.25, -0.2) is 0 Å². The zero-order chi connectivity index (χ0) is 19.8. The predicted octanol–water partition coefficient (Wildman–Crippen LogP) is 1.90.